The summed E-state index contributed by atoms with van der Waals surface area (Å²) in [5.74, 6) is -0.699. The van der Waals surface area contributed by atoms with E-state index in [0.717, 1.165) is 0 Å². The number of pyridine rings is 1. The zero-order chi connectivity index (χ0) is 19.6. The summed E-state index contributed by atoms with van der Waals surface area (Å²) < 4.78 is 10.0. The van der Waals surface area contributed by atoms with Crippen LogP contribution in [0.2, 0.25) is 5.02 Å². The van der Waals surface area contributed by atoms with Crippen LogP contribution in [0.15, 0.2) is 30.6 Å². The Labute approximate surface area is 159 Å². The Morgan fingerprint density at radius 3 is 2.63 bits per heavy atom. The number of aromatic nitrogens is 4. The second kappa shape index (κ2) is 7.58. The molecule has 9 nitrogen and oxygen atoms in total. The lowest BCUT2D eigenvalue weighted by Crippen LogP contribution is -2.38. The number of carbonyl (C=O) groups excluding carboxylic acids is 2. The van der Waals surface area contributed by atoms with E-state index >= 15 is 0 Å². The fraction of sp³-hybridized carbons (Fsp3) is 0.235. The van der Waals surface area contributed by atoms with Crippen LogP contribution in [0.4, 0.5) is 0 Å². The Morgan fingerprint density at radius 1 is 1.26 bits per heavy atom. The van der Waals surface area contributed by atoms with Crippen LogP contribution in [0.1, 0.15) is 22.8 Å². The van der Waals surface area contributed by atoms with E-state index in [4.69, 9.17) is 21.1 Å². The van der Waals surface area contributed by atoms with Crippen LogP contribution >= 0.6 is 11.6 Å². The molecule has 0 aliphatic carbocycles. The summed E-state index contributed by atoms with van der Waals surface area (Å²) in [5.41, 5.74) is 1.37. The van der Waals surface area contributed by atoms with E-state index in [1.807, 2.05) is 0 Å². The van der Waals surface area contributed by atoms with Gasteiger partial charge in [0.15, 0.2) is 0 Å². The van der Waals surface area contributed by atoms with E-state index in [1.165, 1.54) is 37.1 Å². The number of rotatable bonds is 5. The van der Waals surface area contributed by atoms with E-state index in [9.17, 15) is 9.59 Å². The summed E-state index contributed by atoms with van der Waals surface area (Å²) >= 11 is 6.24. The number of halogens is 1. The molecule has 1 aromatic carbocycles. The molecule has 0 fully saturated rings. The molecule has 140 valence electrons. The summed E-state index contributed by atoms with van der Waals surface area (Å²) in [4.78, 5) is 29.8. The van der Waals surface area contributed by atoms with Gasteiger partial charge in [-0.25, -0.2) is 14.8 Å². The Morgan fingerprint density at radius 2 is 2.04 bits per heavy atom. The molecule has 10 heteroatoms. The van der Waals surface area contributed by atoms with Crippen molar-refractivity contribution in [3.63, 3.8) is 0 Å². The summed E-state index contributed by atoms with van der Waals surface area (Å²) in [7, 11) is 2.69. The van der Waals surface area contributed by atoms with Crippen molar-refractivity contribution in [3.8, 4) is 5.88 Å². The van der Waals surface area contributed by atoms with Crippen molar-refractivity contribution in [2.45, 2.75) is 13.5 Å². The van der Waals surface area contributed by atoms with Crippen LogP contribution < -0.4 is 9.75 Å². The number of hydrogen-bond donors (Lipinski definition) is 0. The van der Waals surface area contributed by atoms with Crippen LogP contribution in [-0.4, -0.2) is 46.2 Å². The van der Waals surface area contributed by atoms with Gasteiger partial charge in [0.1, 0.15) is 5.56 Å². The topological polar surface area (TPSA) is 99.4 Å². The predicted molar refractivity (Wildman–Crippen MR) is 97.3 cm³/mol. The molecular formula is C17H16ClN5O4. The molecule has 0 N–H and O–H groups in total. The summed E-state index contributed by atoms with van der Waals surface area (Å²) in [6.07, 6.45) is 3.02. The number of hydrogen-bond acceptors (Lipinski definition) is 7. The van der Waals surface area contributed by atoms with Crippen molar-refractivity contribution in [1.82, 2.24) is 20.1 Å². The Balaban J connectivity index is 2.15. The van der Waals surface area contributed by atoms with Gasteiger partial charge in [-0.2, -0.15) is 4.79 Å². The maximum atomic E-state index is 12.1. The van der Waals surface area contributed by atoms with Gasteiger partial charge in [0.2, 0.25) is 11.8 Å². The molecule has 0 aliphatic heterocycles. The second-order valence-corrected chi connectivity index (χ2v) is 6.01. The number of carbonyl (C=O) groups is 2. The predicted octanol–water partition coefficient (Wildman–Crippen LogP) is 1.96. The third kappa shape index (κ3) is 3.68. The highest BCUT2D eigenvalue weighted by atomic mass is 35.5. The van der Waals surface area contributed by atoms with Crippen molar-refractivity contribution >= 4 is 34.4 Å². The average Bonchev–Trinajstić information content (AvgIpc) is 3.18. The maximum Gasteiger partial charge on any atom is 0.343 e. The molecule has 3 rings (SSSR count). The van der Waals surface area contributed by atoms with Gasteiger partial charge >= 0.3 is 5.97 Å². The van der Waals surface area contributed by atoms with Gasteiger partial charge in [0.25, 0.3) is 0 Å². The Bertz CT molecular complexity index is 1010. The zero-order valence-electron chi connectivity index (χ0n) is 14.8. The van der Waals surface area contributed by atoms with Crippen LogP contribution in [0.25, 0.3) is 10.9 Å². The molecule has 0 unspecified atom stereocenters. The molecule has 2 heterocycles. The van der Waals surface area contributed by atoms with E-state index in [0.29, 0.717) is 21.5 Å². The number of amides is 1. The Kier molecular flexibility index (Phi) is 5.22. The lowest BCUT2D eigenvalue weighted by molar-refractivity contribution is -0.118. The highest BCUT2D eigenvalue weighted by Gasteiger charge is 2.20. The summed E-state index contributed by atoms with van der Waals surface area (Å²) in [6, 6.07) is 4.96. The first-order chi connectivity index (χ1) is 12.9. The largest absolute Gasteiger partial charge is 0.480 e. The van der Waals surface area contributed by atoms with Crippen LogP contribution in [0, 0.1) is 0 Å². The molecule has 1 amide bonds. The first kappa shape index (κ1) is 18.6. The van der Waals surface area contributed by atoms with Gasteiger partial charge in [-0.15, -0.1) is 5.10 Å². The molecule has 27 heavy (non-hydrogen) atoms. The third-order valence-corrected chi connectivity index (χ3v) is 4.08. The van der Waals surface area contributed by atoms with E-state index < -0.39 is 5.97 Å². The first-order valence-electron chi connectivity index (χ1n) is 7.84. The van der Waals surface area contributed by atoms with Crippen molar-refractivity contribution in [2.24, 2.45) is 0 Å². The van der Waals surface area contributed by atoms with Gasteiger partial charge < -0.3 is 9.47 Å². The van der Waals surface area contributed by atoms with Crippen molar-refractivity contribution in [2.75, 3.05) is 19.2 Å². The highest BCUT2D eigenvalue weighted by Crippen LogP contribution is 2.29. The minimum absolute atomic E-state index is 0.119. The SMILES string of the molecule is COC(=O)c1cc2cc(Cl)cc(CN(C(C)=O)n3ccnn3)c2nc1OC. The first-order valence-corrected chi connectivity index (χ1v) is 8.22. The molecule has 3 aromatic rings. The summed E-state index contributed by atoms with van der Waals surface area (Å²) in [5, 5.41) is 9.99. The van der Waals surface area contributed by atoms with Crippen LogP contribution in [-0.2, 0) is 16.1 Å². The van der Waals surface area contributed by atoms with Crippen LogP contribution in [0.5, 0.6) is 5.88 Å². The fourth-order valence-corrected chi connectivity index (χ4v) is 2.91. The van der Waals surface area contributed by atoms with Gasteiger partial charge in [-0.1, -0.05) is 11.6 Å². The monoisotopic (exact) mass is 389 g/mol. The number of benzene rings is 1. The number of methoxy groups -OCH3 is 2. The number of ether oxygens (including phenoxy) is 2. The smallest absolute Gasteiger partial charge is 0.343 e. The van der Waals surface area contributed by atoms with E-state index in [1.54, 1.807) is 24.4 Å². The number of nitrogens with zero attached hydrogens (tertiary/aromatic N) is 5. The molecular weight excluding hydrogens is 374 g/mol. The second-order valence-electron chi connectivity index (χ2n) is 5.57. The summed E-state index contributed by atoms with van der Waals surface area (Å²) in [6.45, 7) is 1.56. The van der Waals surface area contributed by atoms with Gasteiger partial charge in [-0.3, -0.25) is 4.79 Å². The molecule has 0 aliphatic rings. The van der Waals surface area contributed by atoms with Crippen molar-refractivity contribution in [1.29, 1.82) is 0 Å². The molecule has 0 atom stereocenters. The standard InChI is InChI=1S/C17H16ClN5O4/c1-10(24)22(23-5-4-19-21-23)9-12-7-13(18)6-11-8-14(17(25)27-3)16(26-2)20-15(11)12/h4-8H,9H2,1-3H3. The average molecular weight is 390 g/mol. The van der Waals surface area contributed by atoms with Gasteiger partial charge in [0, 0.05) is 22.9 Å². The van der Waals surface area contributed by atoms with E-state index in [2.05, 4.69) is 15.3 Å². The van der Waals surface area contributed by atoms with E-state index in [-0.39, 0.29) is 23.9 Å². The van der Waals surface area contributed by atoms with Gasteiger partial charge in [0.05, 0.1) is 38.7 Å². The van der Waals surface area contributed by atoms with Crippen molar-refractivity contribution in [3.05, 3.63) is 46.7 Å². The maximum absolute atomic E-state index is 12.1. The fourth-order valence-electron chi connectivity index (χ4n) is 2.66. The number of esters is 1. The minimum Gasteiger partial charge on any atom is -0.480 e. The molecule has 0 spiro atoms. The lowest BCUT2D eigenvalue weighted by Gasteiger charge is -2.21. The molecule has 2 aromatic heterocycles. The molecule has 0 saturated carbocycles. The molecule has 0 saturated heterocycles. The quantitative estimate of drug-likeness (QED) is 0.615. The Hall–Kier alpha value is -3.20. The zero-order valence-corrected chi connectivity index (χ0v) is 15.6. The third-order valence-electron chi connectivity index (χ3n) is 3.87. The normalized spacial score (nSPS) is 10.7. The van der Waals surface area contributed by atoms with Crippen molar-refractivity contribution < 1.29 is 19.1 Å². The number of fused-ring (bicyclic) bond motifs is 1. The minimum atomic E-state index is -0.573. The lowest BCUT2D eigenvalue weighted by atomic mass is 10.1. The van der Waals surface area contributed by atoms with Gasteiger partial charge in [-0.05, 0) is 23.4 Å². The molecule has 0 bridgehead atoms. The van der Waals surface area contributed by atoms with Crippen LogP contribution in [0.3, 0.4) is 0 Å². The highest BCUT2D eigenvalue weighted by molar-refractivity contribution is 6.31. The molecule has 0 radical (unpaired) electrons.